The van der Waals surface area contributed by atoms with Crippen LogP contribution in [0, 0.1) is 11.2 Å². The monoisotopic (exact) mass is 295 g/mol. The number of aliphatic hydroxyl groups is 1. The molecule has 1 heterocycles. The molecule has 0 radical (unpaired) electrons. The fourth-order valence-electron chi connectivity index (χ4n) is 3.54. The van der Waals surface area contributed by atoms with Gasteiger partial charge in [-0.1, -0.05) is 25.5 Å². The summed E-state index contributed by atoms with van der Waals surface area (Å²) in [5, 5.41) is 9.79. The molecule has 118 valence electrons. The first-order chi connectivity index (χ1) is 10.1. The Hall–Kier alpha value is -1.13. The number of ether oxygens (including phenoxy) is 1. The van der Waals surface area contributed by atoms with Crippen LogP contribution in [0.2, 0.25) is 0 Å². The van der Waals surface area contributed by atoms with E-state index in [0.29, 0.717) is 12.3 Å². The molecule has 21 heavy (non-hydrogen) atoms. The molecule has 1 atom stereocenters. The van der Waals surface area contributed by atoms with Crippen molar-refractivity contribution in [3.8, 4) is 5.75 Å². The topological polar surface area (TPSA) is 32.7 Å². The van der Waals surface area contributed by atoms with E-state index in [1.165, 1.54) is 13.2 Å². The van der Waals surface area contributed by atoms with Crippen molar-refractivity contribution in [3.63, 3.8) is 0 Å². The van der Waals surface area contributed by atoms with Gasteiger partial charge in [-0.15, -0.1) is 0 Å². The summed E-state index contributed by atoms with van der Waals surface area (Å²) >= 11 is 0. The van der Waals surface area contributed by atoms with E-state index < -0.39 is 0 Å². The number of hydrogen-bond acceptors (Lipinski definition) is 3. The van der Waals surface area contributed by atoms with Gasteiger partial charge in [0.1, 0.15) is 0 Å². The van der Waals surface area contributed by atoms with E-state index in [2.05, 4.69) is 11.8 Å². The van der Waals surface area contributed by atoms with Crippen molar-refractivity contribution in [2.45, 2.75) is 39.2 Å². The highest BCUT2D eigenvalue weighted by molar-refractivity contribution is 5.34. The molecule has 2 rings (SSSR count). The predicted octanol–water partition coefficient (Wildman–Crippen LogP) is 3.21. The average molecular weight is 295 g/mol. The maximum Gasteiger partial charge on any atom is 0.165 e. The van der Waals surface area contributed by atoms with E-state index in [0.717, 1.165) is 44.3 Å². The zero-order valence-corrected chi connectivity index (χ0v) is 13.1. The summed E-state index contributed by atoms with van der Waals surface area (Å²) in [4.78, 5) is 2.31. The number of likely N-dealkylation sites (tertiary alicyclic amines) is 1. The minimum absolute atomic E-state index is 0.00750. The smallest absolute Gasteiger partial charge is 0.165 e. The molecule has 0 saturated carbocycles. The van der Waals surface area contributed by atoms with E-state index >= 15 is 0 Å². The lowest BCUT2D eigenvalue weighted by Gasteiger charge is -2.42. The van der Waals surface area contributed by atoms with Crippen molar-refractivity contribution in [1.82, 2.24) is 4.90 Å². The molecule has 1 aromatic carbocycles. The molecule has 1 N–H and O–H groups in total. The van der Waals surface area contributed by atoms with Crippen molar-refractivity contribution < 1.29 is 14.2 Å². The Bertz CT molecular complexity index is 462. The largest absolute Gasteiger partial charge is 0.493 e. The molecule has 1 aliphatic heterocycles. The summed E-state index contributed by atoms with van der Waals surface area (Å²) < 4.78 is 19.0. The molecule has 0 bridgehead atoms. The molecule has 0 amide bonds. The first-order valence-corrected chi connectivity index (χ1v) is 7.79. The highest BCUT2D eigenvalue weighted by Crippen LogP contribution is 2.35. The average Bonchev–Trinajstić information content (AvgIpc) is 2.48. The molecule has 1 fully saturated rings. The SMILES string of the molecule is CCC[C@@]1(CO)CCCN(Cc2cccc(F)c2OC)C1. The number of nitrogens with zero attached hydrogens (tertiary/aromatic N) is 1. The number of para-hydroxylation sites is 1. The molecule has 0 unspecified atom stereocenters. The molecule has 0 spiro atoms. The number of halogens is 1. The molecule has 0 aromatic heterocycles. The molecule has 3 nitrogen and oxygen atoms in total. The second-order valence-corrected chi connectivity index (χ2v) is 6.15. The van der Waals surface area contributed by atoms with Gasteiger partial charge in [0.05, 0.1) is 7.11 Å². The summed E-state index contributed by atoms with van der Waals surface area (Å²) in [5.74, 6) is 0.0298. The van der Waals surface area contributed by atoms with Gasteiger partial charge in [0.25, 0.3) is 0 Å². The van der Waals surface area contributed by atoms with E-state index in [1.54, 1.807) is 6.07 Å². The highest BCUT2D eigenvalue weighted by Gasteiger charge is 2.34. The number of piperidine rings is 1. The summed E-state index contributed by atoms with van der Waals surface area (Å²) in [6.45, 7) is 4.93. The Morgan fingerprint density at radius 1 is 1.43 bits per heavy atom. The van der Waals surface area contributed by atoms with Crippen molar-refractivity contribution in [2.75, 3.05) is 26.8 Å². The maximum atomic E-state index is 13.8. The van der Waals surface area contributed by atoms with Crippen LogP contribution in [0.15, 0.2) is 18.2 Å². The van der Waals surface area contributed by atoms with Crippen molar-refractivity contribution in [3.05, 3.63) is 29.6 Å². The first-order valence-electron chi connectivity index (χ1n) is 7.79. The summed E-state index contributed by atoms with van der Waals surface area (Å²) in [6, 6.07) is 5.06. The number of hydrogen-bond donors (Lipinski definition) is 1. The number of rotatable bonds is 6. The molecule has 0 aliphatic carbocycles. The lowest BCUT2D eigenvalue weighted by molar-refractivity contribution is 0.0213. The van der Waals surface area contributed by atoms with Gasteiger partial charge in [0.15, 0.2) is 11.6 Å². The van der Waals surface area contributed by atoms with Gasteiger partial charge >= 0.3 is 0 Å². The van der Waals surface area contributed by atoms with Crippen molar-refractivity contribution >= 4 is 0 Å². The minimum Gasteiger partial charge on any atom is -0.493 e. The van der Waals surface area contributed by atoms with Crippen LogP contribution in [0.5, 0.6) is 5.75 Å². The lowest BCUT2D eigenvalue weighted by Crippen LogP contribution is -2.44. The number of benzene rings is 1. The fraction of sp³-hybridized carbons (Fsp3) is 0.647. The lowest BCUT2D eigenvalue weighted by atomic mass is 9.77. The third-order valence-electron chi connectivity index (χ3n) is 4.50. The fourth-order valence-corrected chi connectivity index (χ4v) is 3.54. The van der Waals surface area contributed by atoms with Crippen LogP contribution < -0.4 is 4.74 Å². The predicted molar refractivity (Wildman–Crippen MR) is 81.9 cm³/mol. The Kier molecular flexibility index (Phi) is 5.59. The standard InChI is InChI=1S/C17H26FNO2/c1-3-8-17(13-20)9-5-10-19(12-17)11-14-6-4-7-15(18)16(14)21-2/h4,6-7,20H,3,5,8-13H2,1-2H3/t17-/m1/s1. The van der Waals surface area contributed by atoms with Crippen molar-refractivity contribution in [2.24, 2.45) is 5.41 Å². The third-order valence-corrected chi connectivity index (χ3v) is 4.50. The molecular weight excluding hydrogens is 269 g/mol. The number of methoxy groups -OCH3 is 1. The van der Waals surface area contributed by atoms with E-state index in [9.17, 15) is 9.50 Å². The highest BCUT2D eigenvalue weighted by atomic mass is 19.1. The second kappa shape index (κ2) is 7.23. The maximum absolute atomic E-state index is 13.8. The van der Waals surface area contributed by atoms with Gasteiger partial charge in [-0.25, -0.2) is 4.39 Å². The molecule has 4 heteroatoms. The summed E-state index contributed by atoms with van der Waals surface area (Å²) in [5.41, 5.74) is 0.885. The van der Waals surface area contributed by atoms with Crippen LogP contribution in [0.3, 0.4) is 0 Å². The summed E-state index contributed by atoms with van der Waals surface area (Å²) in [6.07, 6.45) is 4.28. The molecular formula is C17H26FNO2. The Labute approximate surface area is 126 Å². The van der Waals surface area contributed by atoms with Gasteiger partial charge in [0.2, 0.25) is 0 Å². The van der Waals surface area contributed by atoms with Gasteiger partial charge < -0.3 is 9.84 Å². The van der Waals surface area contributed by atoms with Crippen LogP contribution in [-0.4, -0.2) is 36.8 Å². The molecule has 1 aromatic rings. The zero-order chi connectivity index (χ0) is 15.3. The zero-order valence-electron chi connectivity index (χ0n) is 13.1. The Morgan fingerprint density at radius 2 is 2.24 bits per heavy atom. The Balaban J connectivity index is 2.11. The second-order valence-electron chi connectivity index (χ2n) is 6.15. The summed E-state index contributed by atoms with van der Waals surface area (Å²) in [7, 11) is 1.51. The normalized spacial score (nSPS) is 23.2. The van der Waals surface area contributed by atoms with Gasteiger partial charge in [-0.3, -0.25) is 4.90 Å². The quantitative estimate of drug-likeness (QED) is 0.874. The van der Waals surface area contributed by atoms with Crippen LogP contribution in [0.1, 0.15) is 38.2 Å². The molecule has 1 saturated heterocycles. The third kappa shape index (κ3) is 3.74. The van der Waals surface area contributed by atoms with Crippen LogP contribution >= 0.6 is 0 Å². The van der Waals surface area contributed by atoms with Crippen molar-refractivity contribution in [1.29, 1.82) is 0 Å². The van der Waals surface area contributed by atoms with Gasteiger partial charge in [0, 0.05) is 30.7 Å². The molecule has 1 aliphatic rings. The van der Waals surface area contributed by atoms with E-state index in [-0.39, 0.29) is 17.8 Å². The van der Waals surface area contributed by atoms with E-state index in [1.807, 2.05) is 6.07 Å². The van der Waals surface area contributed by atoms with Crippen LogP contribution in [0.4, 0.5) is 4.39 Å². The van der Waals surface area contributed by atoms with Crippen LogP contribution in [-0.2, 0) is 6.54 Å². The first kappa shape index (κ1) is 16.2. The number of aliphatic hydroxyl groups excluding tert-OH is 1. The van der Waals surface area contributed by atoms with E-state index in [4.69, 9.17) is 4.74 Å². The van der Waals surface area contributed by atoms with Gasteiger partial charge in [-0.05, 0) is 31.9 Å². The van der Waals surface area contributed by atoms with Gasteiger partial charge in [-0.2, -0.15) is 0 Å². The Morgan fingerprint density at radius 3 is 2.90 bits per heavy atom. The van der Waals surface area contributed by atoms with Crippen LogP contribution in [0.25, 0.3) is 0 Å². The minimum atomic E-state index is -0.311.